The van der Waals surface area contributed by atoms with Crippen LogP contribution in [0.15, 0.2) is 47.1 Å². The number of carbonyl (C=O) groups is 2. The quantitative estimate of drug-likeness (QED) is 0.883. The van der Waals surface area contributed by atoms with Crippen LogP contribution in [0.3, 0.4) is 0 Å². The molecule has 0 aliphatic rings. The van der Waals surface area contributed by atoms with Crippen LogP contribution in [0.25, 0.3) is 0 Å². The monoisotopic (exact) mass is 330 g/mol. The molecule has 2 rings (SSSR count). The van der Waals surface area contributed by atoms with Crippen LogP contribution in [0.1, 0.15) is 49.9 Å². The minimum absolute atomic E-state index is 0.255. The second-order valence-corrected chi connectivity index (χ2v) is 6.42. The molecule has 1 aromatic carbocycles. The molecule has 1 heterocycles. The van der Waals surface area contributed by atoms with Gasteiger partial charge in [-0.05, 0) is 58.0 Å². The molecule has 6 heteroatoms. The van der Waals surface area contributed by atoms with E-state index in [4.69, 9.17) is 9.15 Å². The molecule has 2 aromatic rings. The molecule has 0 radical (unpaired) electrons. The minimum atomic E-state index is -0.586. The second-order valence-electron chi connectivity index (χ2n) is 6.42. The van der Waals surface area contributed by atoms with Gasteiger partial charge in [0.1, 0.15) is 11.4 Å². The zero-order valence-corrected chi connectivity index (χ0v) is 14.3. The zero-order chi connectivity index (χ0) is 17.7. The van der Waals surface area contributed by atoms with Gasteiger partial charge in [0.25, 0.3) is 5.91 Å². The lowest BCUT2D eigenvalue weighted by atomic mass is 10.1. The predicted octanol–water partition coefficient (Wildman–Crippen LogP) is 4.12. The van der Waals surface area contributed by atoms with Crippen LogP contribution in [0.5, 0.6) is 0 Å². The number of amides is 2. The normalized spacial score (nSPS) is 12.3. The molecule has 0 aliphatic carbocycles. The molecular weight excluding hydrogens is 308 g/mol. The third kappa shape index (κ3) is 5.15. The number of hydrogen-bond acceptors (Lipinski definition) is 4. The van der Waals surface area contributed by atoms with Crippen LogP contribution in [0.2, 0.25) is 0 Å². The lowest BCUT2D eigenvalue weighted by molar-refractivity contribution is 0.0635. The largest absolute Gasteiger partial charge is 0.467 e. The molecule has 6 nitrogen and oxygen atoms in total. The Bertz CT molecular complexity index is 702. The Morgan fingerprint density at radius 3 is 2.54 bits per heavy atom. The van der Waals surface area contributed by atoms with Gasteiger partial charge in [0.2, 0.25) is 0 Å². The summed E-state index contributed by atoms with van der Waals surface area (Å²) in [6.45, 7) is 7.19. The number of furan rings is 1. The summed E-state index contributed by atoms with van der Waals surface area (Å²) in [6.07, 6.45) is 0.993. The summed E-state index contributed by atoms with van der Waals surface area (Å²) in [7, 11) is 0. The van der Waals surface area contributed by atoms with Crippen molar-refractivity contribution in [3.63, 3.8) is 0 Å². The molecule has 0 saturated heterocycles. The number of hydrogen-bond donors (Lipinski definition) is 2. The Kier molecular flexibility index (Phi) is 5.28. The van der Waals surface area contributed by atoms with E-state index in [1.54, 1.807) is 63.4 Å². The maximum Gasteiger partial charge on any atom is 0.412 e. The van der Waals surface area contributed by atoms with E-state index in [0.29, 0.717) is 17.0 Å². The lowest BCUT2D eigenvalue weighted by Gasteiger charge is -2.19. The summed E-state index contributed by atoms with van der Waals surface area (Å²) < 4.78 is 10.5. The Balaban J connectivity index is 2.01. The van der Waals surface area contributed by atoms with E-state index >= 15 is 0 Å². The lowest BCUT2D eigenvalue weighted by Crippen LogP contribution is -2.28. The van der Waals surface area contributed by atoms with Crippen molar-refractivity contribution in [1.29, 1.82) is 0 Å². The average Bonchev–Trinajstić information content (AvgIpc) is 2.99. The first kappa shape index (κ1) is 17.6. The third-order valence-corrected chi connectivity index (χ3v) is 3.09. The third-order valence-electron chi connectivity index (χ3n) is 3.09. The number of nitrogens with one attached hydrogen (secondary N) is 2. The Labute approximate surface area is 141 Å². The maximum atomic E-state index is 12.3. The van der Waals surface area contributed by atoms with Gasteiger partial charge in [-0.2, -0.15) is 0 Å². The highest BCUT2D eigenvalue weighted by atomic mass is 16.6. The van der Waals surface area contributed by atoms with Gasteiger partial charge in [-0.15, -0.1) is 0 Å². The molecule has 0 saturated carbocycles. The fourth-order valence-electron chi connectivity index (χ4n) is 2.05. The molecule has 2 amide bonds. The standard InChI is InChI=1S/C18H22N2O4/c1-12(15-9-6-10-23-15)19-16(21)13-7-5-8-14(11-13)20-17(22)24-18(2,3)4/h5-12H,1-4H3,(H,19,21)(H,20,22)/t12-/m0/s1. The van der Waals surface area contributed by atoms with E-state index in [-0.39, 0.29) is 11.9 Å². The molecule has 0 unspecified atom stereocenters. The van der Waals surface area contributed by atoms with Crippen LogP contribution in [0.4, 0.5) is 10.5 Å². The van der Waals surface area contributed by atoms with Crippen molar-refractivity contribution in [2.24, 2.45) is 0 Å². The fraction of sp³-hybridized carbons (Fsp3) is 0.333. The molecule has 0 bridgehead atoms. The van der Waals surface area contributed by atoms with Gasteiger partial charge in [0, 0.05) is 11.3 Å². The van der Waals surface area contributed by atoms with Crippen LogP contribution in [0, 0.1) is 0 Å². The van der Waals surface area contributed by atoms with Crippen LogP contribution in [-0.2, 0) is 4.74 Å². The van der Waals surface area contributed by atoms with Crippen molar-refractivity contribution in [2.75, 3.05) is 5.32 Å². The van der Waals surface area contributed by atoms with Crippen molar-refractivity contribution in [3.05, 3.63) is 54.0 Å². The van der Waals surface area contributed by atoms with Crippen LogP contribution in [-0.4, -0.2) is 17.6 Å². The first-order valence-corrected chi connectivity index (χ1v) is 7.69. The molecule has 1 atom stereocenters. The summed E-state index contributed by atoms with van der Waals surface area (Å²) in [4.78, 5) is 24.1. The number of rotatable bonds is 4. The highest BCUT2D eigenvalue weighted by molar-refractivity contribution is 5.96. The first-order chi connectivity index (χ1) is 11.2. The van der Waals surface area contributed by atoms with E-state index < -0.39 is 11.7 Å². The Hall–Kier alpha value is -2.76. The van der Waals surface area contributed by atoms with Crippen molar-refractivity contribution in [1.82, 2.24) is 5.32 Å². The van der Waals surface area contributed by atoms with Gasteiger partial charge < -0.3 is 14.5 Å². The Morgan fingerprint density at radius 2 is 1.92 bits per heavy atom. The second kappa shape index (κ2) is 7.21. The van der Waals surface area contributed by atoms with Gasteiger partial charge >= 0.3 is 6.09 Å². The summed E-state index contributed by atoms with van der Waals surface area (Å²) in [6, 6.07) is 9.96. The molecule has 0 fully saturated rings. The minimum Gasteiger partial charge on any atom is -0.467 e. The van der Waals surface area contributed by atoms with Crippen molar-refractivity contribution >= 4 is 17.7 Å². The predicted molar refractivity (Wildman–Crippen MR) is 90.9 cm³/mol. The number of ether oxygens (including phenoxy) is 1. The fourth-order valence-corrected chi connectivity index (χ4v) is 2.05. The SMILES string of the molecule is C[C@H](NC(=O)c1cccc(NC(=O)OC(C)(C)C)c1)c1ccco1. The highest BCUT2D eigenvalue weighted by Crippen LogP contribution is 2.16. The van der Waals surface area contributed by atoms with Crippen molar-refractivity contribution < 1.29 is 18.7 Å². The van der Waals surface area contributed by atoms with Gasteiger partial charge in [-0.25, -0.2) is 4.79 Å². The van der Waals surface area contributed by atoms with Gasteiger partial charge in [-0.1, -0.05) is 6.07 Å². The number of benzene rings is 1. The highest BCUT2D eigenvalue weighted by Gasteiger charge is 2.17. The van der Waals surface area contributed by atoms with E-state index in [1.807, 2.05) is 6.92 Å². The molecule has 128 valence electrons. The van der Waals surface area contributed by atoms with E-state index in [0.717, 1.165) is 0 Å². The maximum absolute atomic E-state index is 12.3. The topological polar surface area (TPSA) is 80.6 Å². The summed E-state index contributed by atoms with van der Waals surface area (Å²) >= 11 is 0. The summed E-state index contributed by atoms with van der Waals surface area (Å²) in [5.41, 5.74) is 0.335. The molecule has 0 aliphatic heterocycles. The zero-order valence-electron chi connectivity index (χ0n) is 14.3. The molecule has 0 spiro atoms. The number of anilines is 1. The Morgan fingerprint density at radius 1 is 1.17 bits per heavy atom. The van der Waals surface area contributed by atoms with Gasteiger partial charge in [0.15, 0.2) is 0 Å². The number of carbonyl (C=O) groups excluding carboxylic acids is 2. The summed E-state index contributed by atoms with van der Waals surface area (Å²) in [5, 5.41) is 5.46. The van der Waals surface area contributed by atoms with Gasteiger partial charge in [-0.3, -0.25) is 10.1 Å². The van der Waals surface area contributed by atoms with Crippen LogP contribution < -0.4 is 10.6 Å². The first-order valence-electron chi connectivity index (χ1n) is 7.69. The van der Waals surface area contributed by atoms with E-state index in [9.17, 15) is 9.59 Å². The molecule has 2 N–H and O–H groups in total. The molecule has 1 aromatic heterocycles. The van der Waals surface area contributed by atoms with E-state index in [2.05, 4.69) is 10.6 Å². The van der Waals surface area contributed by atoms with Crippen molar-refractivity contribution in [2.45, 2.75) is 39.3 Å². The van der Waals surface area contributed by atoms with Gasteiger partial charge in [0.05, 0.1) is 12.3 Å². The molecule has 24 heavy (non-hydrogen) atoms. The van der Waals surface area contributed by atoms with E-state index in [1.165, 1.54) is 0 Å². The van der Waals surface area contributed by atoms with Crippen molar-refractivity contribution in [3.8, 4) is 0 Å². The van der Waals surface area contributed by atoms with Crippen LogP contribution >= 0.6 is 0 Å². The smallest absolute Gasteiger partial charge is 0.412 e. The summed E-state index contributed by atoms with van der Waals surface area (Å²) in [5.74, 6) is 0.415. The molecular formula is C18H22N2O4. The average molecular weight is 330 g/mol.